The van der Waals surface area contributed by atoms with E-state index in [2.05, 4.69) is 26.8 Å². The first kappa shape index (κ1) is 29.5. The van der Waals surface area contributed by atoms with Crippen LogP contribution in [-0.4, -0.2) is 24.3 Å². The predicted molar refractivity (Wildman–Crippen MR) is 149 cm³/mol. The second-order valence-electron chi connectivity index (χ2n) is 9.06. The Morgan fingerprint density at radius 3 is 2.28 bits per heavy atom. The van der Waals surface area contributed by atoms with Crippen LogP contribution in [0.2, 0.25) is 0 Å². The van der Waals surface area contributed by atoms with Gasteiger partial charge >= 0.3 is 5.97 Å². The number of carboxylic acids is 1. The predicted octanol–water partition coefficient (Wildman–Crippen LogP) is 8.67. The molecule has 1 aromatic carbocycles. The number of ether oxygens (including phenoxy) is 2. The maximum Gasteiger partial charge on any atom is 0.346 e. The van der Waals surface area contributed by atoms with Gasteiger partial charge in [-0.3, -0.25) is 0 Å². The number of unbranched alkanes of at least 4 members (excludes halogenated alkanes) is 7. The molecule has 0 radical (unpaired) electrons. The summed E-state index contributed by atoms with van der Waals surface area (Å²) in [6, 6.07) is 9.84. The Bertz CT molecular complexity index is 1020. The summed E-state index contributed by atoms with van der Waals surface area (Å²) >= 11 is 1.51. The number of carboxylic acid groups (broad SMARTS) is 1. The minimum absolute atomic E-state index is 0.256. The van der Waals surface area contributed by atoms with Crippen LogP contribution in [-0.2, 0) is 11.2 Å². The molecule has 1 N–H and O–H groups in total. The zero-order valence-corrected chi connectivity index (χ0v) is 22.9. The molecule has 2 rings (SSSR count). The van der Waals surface area contributed by atoms with Crippen molar-refractivity contribution in [2.24, 2.45) is 0 Å². The van der Waals surface area contributed by atoms with Gasteiger partial charge in [0.2, 0.25) is 0 Å². The molecule has 0 bridgehead atoms. The second-order valence-corrected chi connectivity index (χ2v) is 10.1. The van der Waals surface area contributed by atoms with Gasteiger partial charge in [0.1, 0.15) is 23.1 Å². The van der Waals surface area contributed by atoms with Gasteiger partial charge in [-0.05, 0) is 55.5 Å². The minimum atomic E-state index is -1.21. The van der Waals surface area contributed by atoms with E-state index in [1.807, 2.05) is 18.2 Å². The van der Waals surface area contributed by atoms with E-state index >= 15 is 0 Å². The standard InChI is InChI=1S/C30H41NO4S/c1-4-7-10-11-12-13-14-23-19-26(20-24(22-31)30(32)33)36-29(23)27-16-15-25(34-17-8-5-2)21-28(27)35-18-9-6-3/h15-16,19-21H,4-14,17-18H2,1-3H3,(H,32,33)/b24-20+. The summed E-state index contributed by atoms with van der Waals surface area (Å²) in [5, 5.41) is 18.6. The number of rotatable bonds is 18. The van der Waals surface area contributed by atoms with Crippen molar-refractivity contribution in [3.63, 3.8) is 0 Å². The highest BCUT2D eigenvalue weighted by Gasteiger charge is 2.17. The molecule has 0 spiro atoms. The number of hydrogen-bond acceptors (Lipinski definition) is 5. The van der Waals surface area contributed by atoms with Gasteiger partial charge in [-0.25, -0.2) is 4.79 Å². The highest BCUT2D eigenvalue weighted by atomic mass is 32.1. The molecular weight excluding hydrogens is 470 g/mol. The monoisotopic (exact) mass is 511 g/mol. The third kappa shape index (κ3) is 9.70. The fourth-order valence-corrected chi connectivity index (χ4v) is 5.06. The van der Waals surface area contributed by atoms with Gasteiger partial charge in [0.05, 0.1) is 13.2 Å². The summed E-state index contributed by atoms with van der Waals surface area (Å²) in [5.74, 6) is 0.380. The van der Waals surface area contributed by atoms with E-state index in [-0.39, 0.29) is 5.57 Å². The highest BCUT2D eigenvalue weighted by Crippen LogP contribution is 2.41. The van der Waals surface area contributed by atoms with E-state index in [9.17, 15) is 15.2 Å². The molecule has 0 aliphatic carbocycles. The Morgan fingerprint density at radius 1 is 0.944 bits per heavy atom. The normalized spacial score (nSPS) is 11.3. The lowest BCUT2D eigenvalue weighted by molar-refractivity contribution is -0.132. The van der Waals surface area contributed by atoms with Gasteiger partial charge < -0.3 is 14.6 Å². The van der Waals surface area contributed by atoms with Gasteiger partial charge in [0.15, 0.2) is 0 Å². The maximum atomic E-state index is 11.4. The molecule has 2 aromatic rings. The zero-order chi connectivity index (χ0) is 26.2. The first-order valence-corrected chi connectivity index (χ1v) is 14.2. The molecule has 0 saturated carbocycles. The molecule has 1 aromatic heterocycles. The van der Waals surface area contributed by atoms with E-state index in [0.29, 0.717) is 13.2 Å². The Morgan fingerprint density at radius 2 is 1.61 bits per heavy atom. The van der Waals surface area contributed by atoms with E-state index in [0.717, 1.165) is 65.3 Å². The van der Waals surface area contributed by atoms with Crippen molar-refractivity contribution in [2.75, 3.05) is 13.2 Å². The van der Waals surface area contributed by atoms with E-state index in [4.69, 9.17) is 9.47 Å². The molecule has 5 nitrogen and oxygen atoms in total. The average Bonchev–Trinajstić information content (AvgIpc) is 3.27. The van der Waals surface area contributed by atoms with Crippen LogP contribution in [0.3, 0.4) is 0 Å². The average molecular weight is 512 g/mol. The molecule has 0 aliphatic heterocycles. The van der Waals surface area contributed by atoms with Gasteiger partial charge in [0, 0.05) is 21.4 Å². The number of hydrogen-bond donors (Lipinski definition) is 1. The number of carbonyl (C=O) groups is 1. The first-order chi connectivity index (χ1) is 17.5. The number of aryl methyl sites for hydroxylation is 1. The quantitative estimate of drug-likeness (QED) is 0.123. The van der Waals surface area contributed by atoms with Crippen LogP contribution in [0.1, 0.15) is 95.4 Å². The molecule has 0 unspecified atom stereocenters. The Hall–Kier alpha value is -2.78. The third-order valence-corrected chi connectivity index (χ3v) is 7.14. The van der Waals surface area contributed by atoms with Crippen LogP contribution >= 0.6 is 11.3 Å². The van der Waals surface area contributed by atoms with E-state index in [1.54, 1.807) is 6.07 Å². The summed E-state index contributed by atoms with van der Waals surface area (Å²) in [5.41, 5.74) is 1.91. The van der Waals surface area contributed by atoms with Crippen LogP contribution < -0.4 is 9.47 Å². The lowest BCUT2D eigenvalue weighted by atomic mass is 10.0. The number of nitrogens with zero attached hydrogens (tertiary/aromatic N) is 1. The summed E-state index contributed by atoms with van der Waals surface area (Å²) in [6.07, 6.45) is 13.7. The smallest absolute Gasteiger partial charge is 0.346 e. The molecule has 6 heteroatoms. The van der Waals surface area contributed by atoms with Crippen molar-refractivity contribution in [3.05, 3.63) is 40.3 Å². The SMILES string of the molecule is CCCCCCCCc1cc(/C=C(\C#N)C(=O)O)sc1-c1ccc(OCCCC)cc1OCCCC. The van der Waals surface area contributed by atoms with Crippen LogP contribution in [0.5, 0.6) is 11.5 Å². The Balaban J connectivity index is 2.40. The van der Waals surface area contributed by atoms with Gasteiger partial charge in [-0.2, -0.15) is 5.26 Å². The molecule has 0 atom stereocenters. The largest absolute Gasteiger partial charge is 0.493 e. The molecule has 0 saturated heterocycles. The van der Waals surface area contributed by atoms with Crippen molar-refractivity contribution in [1.82, 2.24) is 0 Å². The van der Waals surface area contributed by atoms with Gasteiger partial charge in [-0.15, -0.1) is 11.3 Å². The highest BCUT2D eigenvalue weighted by molar-refractivity contribution is 7.16. The Labute approximate surface area is 220 Å². The lowest BCUT2D eigenvalue weighted by Gasteiger charge is -2.14. The zero-order valence-electron chi connectivity index (χ0n) is 22.1. The van der Waals surface area contributed by atoms with Crippen molar-refractivity contribution in [2.45, 2.75) is 91.4 Å². The first-order valence-electron chi connectivity index (χ1n) is 13.4. The van der Waals surface area contributed by atoms with Crippen molar-refractivity contribution in [3.8, 4) is 28.0 Å². The molecule has 0 amide bonds. The van der Waals surface area contributed by atoms with E-state index < -0.39 is 5.97 Å². The van der Waals surface area contributed by atoms with Crippen molar-refractivity contribution in [1.29, 1.82) is 5.26 Å². The Kier molecular flexibility index (Phi) is 13.8. The van der Waals surface area contributed by atoms with Crippen molar-refractivity contribution < 1.29 is 19.4 Å². The van der Waals surface area contributed by atoms with Gasteiger partial charge in [-0.1, -0.05) is 65.7 Å². The second kappa shape index (κ2) is 16.8. The summed E-state index contributed by atoms with van der Waals surface area (Å²) < 4.78 is 12.2. The fraction of sp³-hybridized carbons (Fsp3) is 0.533. The summed E-state index contributed by atoms with van der Waals surface area (Å²) in [4.78, 5) is 13.3. The maximum absolute atomic E-state index is 11.4. The van der Waals surface area contributed by atoms with Crippen LogP contribution in [0.4, 0.5) is 0 Å². The number of nitriles is 1. The van der Waals surface area contributed by atoms with Gasteiger partial charge in [0.25, 0.3) is 0 Å². The fourth-order valence-electron chi connectivity index (χ4n) is 3.88. The topological polar surface area (TPSA) is 79.6 Å². The molecule has 1 heterocycles. The lowest BCUT2D eigenvalue weighted by Crippen LogP contribution is -2.01. The minimum Gasteiger partial charge on any atom is -0.493 e. The number of benzene rings is 1. The molecule has 0 aliphatic rings. The van der Waals surface area contributed by atoms with Crippen LogP contribution in [0.15, 0.2) is 29.8 Å². The van der Waals surface area contributed by atoms with Crippen LogP contribution in [0, 0.1) is 11.3 Å². The molecule has 196 valence electrons. The molecule has 36 heavy (non-hydrogen) atoms. The number of aliphatic carboxylic acids is 1. The summed E-state index contributed by atoms with van der Waals surface area (Å²) in [7, 11) is 0. The van der Waals surface area contributed by atoms with E-state index in [1.165, 1.54) is 55.1 Å². The number of thiophene rings is 1. The third-order valence-electron chi connectivity index (χ3n) is 5.98. The molecular formula is C30H41NO4S. The van der Waals surface area contributed by atoms with Crippen LogP contribution in [0.25, 0.3) is 16.5 Å². The summed E-state index contributed by atoms with van der Waals surface area (Å²) in [6.45, 7) is 7.81. The molecule has 0 fully saturated rings. The van der Waals surface area contributed by atoms with Crippen molar-refractivity contribution >= 4 is 23.4 Å².